The van der Waals surface area contributed by atoms with Gasteiger partial charge in [-0.05, 0) is 35.8 Å². The molecule has 0 bridgehead atoms. The highest BCUT2D eigenvalue weighted by molar-refractivity contribution is 7.93. The van der Waals surface area contributed by atoms with Crippen LogP contribution in [0.25, 0.3) is 0 Å². The highest BCUT2D eigenvalue weighted by Gasteiger charge is 2.33. The highest BCUT2D eigenvalue weighted by Crippen LogP contribution is 2.45. The summed E-state index contributed by atoms with van der Waals surface area (Å²) in [5.74, 6) is -0.0827. The van der Waals surface area contributed by atoms with E-state index in [-0.39, 0.29) is 27.4 Å². The molecule has 1 aliphatic heterocycles. The number of nitrogens with zero attached hydrogens (tertiary/aromatic N) is 2. The summed E-state index contributed by atoms with van der Waals surface area (Å²) in [5.41, 5.74) is 0.294. The van der Waals surface area contributed by atoms with Crippen LogP contribution in [0.5, 0.6) is 11.5 Å². The van der Waals surface area contributed by atoms with E-state index in [9.17, 15) is 23.3 Å². The minimum Gasteiger partial charge on any atom is -0.493 e. The third kappa shape index (κ3) is 15.0. The van der Waals surface area contributed by atoms with Gasteiger partial charge in [-0.15, -0.1) is 0 Å². The molecule has 304 valence electrons. The summed E-state index contributed by atoms with van der Waals surface area (Å²) in [6.07, 6.45) is 18.3. The number of sulfonamides is 1. The number of esters is 1. The van der Waals surface area contributed by atoms with Crippen LogP contribution in [0.1, 0.15) is 150 Å². The Hall–Kier alpha value is -3.38. The molecule has 0 unspecified atom stereocenters. The van der Waals surface area contributed by atoms with Crippen LogP contribution in [0.3, 0.4) is 0 Å². The molecule has 0 spiro atoms. The van der Waals surface area contributed by atoms with Crippen LogP contribution in [0.4, 0.5) is 17.1 Å². The summed E-state index contributed by atoms with van der Waals surface area (Å²) < 4.78 is 48.5. The number of anilines is 2. The molecule has 0 aromatic heterocycles. The van der Waals surface area contributed by atoms with Crippen molar-refractivity contribution in [1.29, 1.82) is 0 Å². The van der Waals surface area contributed by atoms with Crippen LogP contribution in [0, 0.1) is 15.5 Å². The van der Waals surface area contributed by atoms with Gasteiger partial charge < -0.3 is 19.1 Å². The fourth-order valence-corrected chi connectivity index (χ4v) is 8.83. The quantitative estimate of drug-likeness (QED) is 0.0363. The van der Waals surface area contributed by atoms with Gasteiger partial charge in [0, 0.05) is 43.8 Å². The molecule has 54 heavy (non-hydrogen) atoms. The van der Waals surface area contributed by atoms with Crippen molar-refractivity contribution in [3.8, 4) is 11.5 Å². The van der Waals surface area contributed by atoms with E-state index in [0.717, 1.165) is 37.3 Å². The van der Waals surface area contributed by atoms with Gasteiger partial charge in [0.15, 0.2) is 5.75 Å². The lowest BCUT2D eigenvalue weighted by molar-refractivity contribution is -0.385. The Morgan fingerprint density at radius 3 is 1.93 bits per heavy atom. The predicted molar refractivity (Wildman–Crippen MR) is 218 cm³/mol. The van der Waals surface area contributed by atoms with Crippen LogP contribution in [0.2, 0.25) is 0 Å². The van der Waals surface area contributed by atoms with E-state index >= 15 is 0 Å². The predicted octanol–water partition coefficient (Wildman–Crippen LogP) is 10.7. The molecule has 0 atom stereocenters. The number of nitrogens with one attached hydrogen (secondary N) is 1. The van der Waals surface area contributed by atoms with E-state index in [1.165, 1.54) is 89.7 Å². The maximum Gasteiger partial charge on any atom is 0.308 e. The maximum absolute atomic E-state index is 14.2. The van der Waals surface area contributed by atoms with Crippen molar-refractivity contribution >= 4 is 33.1 Å². The van der Waals surface area contributed by atoms with Crippen molar-refractivity contribution < 1.29 is 32.3 Å². The average molecular weight is 774 g/mol. The Morgan fingerprint density at radius 2 is 1.41 bits per heavy atom. The number of ether oxygens (including phenoxy) is 3. The SMILES string of the molecule is CCCCCCCCCCCCCCCCOc1cc(NS(=O)(=O)c2cc([N+](=O)[O-])ccc2N2CCOCC2)c(OC(C)=O)cc1C(C)(C)CC(C)(C)C. The number of nitro benzene ring substituents is 1. The molecule has 0 amide bonds. The number of rotatable bonds is 24. The molecule has 0 radical (unpaired) electrons. The number of unbranched alkanes of at least 4 members (excludes halogenated alkanes) is 13. The van der Waals surface area contributed by atoms with E-state index < -0.39 is 26.3 Å². The first-order chi connectivity index (χ1) is 25.5. The Morgan fingerprint density at radius 1 is 0.852 bits per heavy atom. The van der Waals surface area contributed by atoms with Crippen LogP contribution < -0.4 is 19.1 Å². The number of carbonyl (C=O) groups is 1. The molecule has 0 saturated carbocycles. The maximum atomic E-state index is 14.2. The molecule has 1 aliphatic rings. The molecule has 11 nitrogen and oxygen atoms in total. The number of hydrogen-bond acceptors (Lipinski definition) is 9. The lowest BCUT2D eigenvalue weighted by atomic mass is 9.72. The monoisotopic (exact) mass is 773 g/mol. The zero-order valence-corrected chi connectivity index (χ0v) is 34.9. The Balaban J connectivity index is 1.81. The second-order valence-corrected chi connectivity index (χ2v) is 18.3. The second-order valence-electron chi connectivity index (χ2n) is 16.6. The second kappa shape index (κ2) is 21.6. The van der Waals surface area contributed by atoms with Gasteiger partial charge in [-0.25, -0.2) is 8.42 Å². The van der Waals surface area contributed by atoms with Gasteiger partial charge in [0.2, 0.25) is 0 Å². The lowest BCUT2D eigenvalue weighted by Gasteiger charge is -2.34. The van der Waals surface area contributed by atoms with Crippen LogP contribution in [-0.2, 0) is 25.0 Å². The number of hydrogen-bond donors (Lipinski definition) is 1. The molecule has 12 heteroatoms. The molecule has 1 saturated heterocycles. The third-order valence-corrected chi connectivity index (χ3v) is 11.2. The zero-order chi connectivity index (χ0) is 39.8. The van der Waals surface area contributed by atoms with Gasteiger partial charge >= 0.3 is 5.97 Å². The molecule has 2 aromatic carbocycles. The summed E-state index contributed by atoms with van der Waals surface area (Å²) in [7, 11) is -4.44. The first-order valence-corrected chi connectivity index (χ1v) is 21.7. The molecule has 2 aromatic rings. The van der Waals surface area contributed by atoms with Gasteiger partial charge in [-0.2, -0.15) is 0 Å². The molecule has 1 heterocycles. The van der Waals surface area contributed by atoms with Crippen molar-refractivity contribution in [3.63, 3.8) is 0 Å². The third-order valence-electron chi connectivity index (χ3n) is 9.83. The summed E-state index contributed by atoms with van der Waals surface area (Å²) in [5, 5.41) is 11.7. The van der Waals surface area contributed by atoms with Crippen LogP contribution in [-0.4, -0.2) is 52.2 Å². The summed E-state index contributed by atoms with van der Waals surface area (Å²) >= 11 is 0. The van der Waals surface area contributed by atoms with E-state index in [4.69, 9.17) is 14.2 Å². The van der Waals surface area contributed by atoms with Crippen molar-refractivity contribution in [1.82, 2.24) is 0 Å². The molecular weight excluding hydrogens is 707 g/mol. The molecule has 1 fully saturated rings. The van der Waals surface area contributed by atoms with Crippen LogP contribution >= 0.6 is 0 Å². The molecule has 1 N–H and O–H groups in total. The smallest absolute Gasteiger partial charge is 0.308 e. The summed E-state index contributed by atoms with van der Waals surface area (Å²) in [6, 6.07) is 7.09. The Labute approximate surface area is 325 Å². The van der Waals surface area contributed by atoms with E-state index in [2.05, 4.69) is 46.3 Å². The van der Waals surface area contributed by atoms with Gasteiger partial charge in [0.1, 0.15) is 10.6 Å². The normalized spacial score (nSPS) is 13.9. The Bertz CT molecular complexity index is 1600. The molecule has 3 rings (SSSR count). The number of benzene rings is 2. The first kappa shape index (κ1) is 45.0. The largest absolute Gasteiger partial charge is 0.493 e. The summed E-state index contributed by atoms with van der Waals surface area (Å²) in [6.45, 7) is 16.3. The van der Waals surface area contributed by atoms with Crippen LogP contribution in [0.15, 0.2) is 35.2 Å². The average Bonchev–Trinajstić information content (AvgIpc) is 3.09. The standard InChI is InChI=1S/C42H67N3O8S/c1-8-9-10-11-12-13-14-15-16-17-18-19-20-21-26-52-38-31-36(39(53-33(2)46)30-35(38)42(6,7)32-41(3,4)5)43-54(49,50)40-29-34(45(47)48)22-23-37(40)44-24-27-51-28-25-44/h22-23,29-31,43H,8-21,24-28,32H2,1-7H3. The van der Waals surface area contributed by atoms with Crippen molar-refractivity contribution in [2.24, 2.45) is 5.41 Å². The molecular formula is C42H67N3O8S. The van der Waals surface area contributed by atoms with Gasteiger partial charge in [-0.1, -0.05) is 125 Å². The fraction of sp³-hybridized carbons (Fsp3) is 0.690. The van der Waals surface area contributed by atoms with E-state index in [0.29, 0.717) is 44.3 Å². The van der Waals surface area contributed by atoms with Gasteiger partial charge in [0.25, 0.3) is 15.7 Å². The molecule has 0 aliphatic carbocycles. The number of carbonyl (C=O) groups excluding carboxylic acids is 1. The highest BCUT2D eigenvalue weighted by atomic mass is 32.2. The fourth-order valence-electron chi connectivity index (χ4n) is 7.52. The van der Waals surface area contributed by atoms with Gasteiger partial charge in [0.05, 0.1) is 36.1 Å². The Kier molecular flexibility index (Phi) is 18.0. The zero-order valence-electron chi connectivity index (χ0n) is 34.1. The topological polar surface area (TPSA) is 137 Å². The van der Waals surface area contributed by atoms with Crippen molar-refractivity contribution in [2.75, 3.05) is 42.5 Å². The first-order valence-electron chi connectivity index (χ1n) is 20.2. The minimum atomic E-state index is -4.44. The van der Waals surface area contributed by atoms with Crippen molar-refractivity contribution in [3.05, 3.63) is 46.0 Å². The number of non-ortho nitro benzene ring substituents is 1. The lowest BCUT2D eigenvalue weighted by Crippen LogP contribution is -2.37. The van der Waals surface area contributed by atoms with Gasteiger partial charge in [-0.3, -0.25) is 19.6 Å². The van der Waals surface area contributed by atoms with E-state index in [1.54, 1.807) is 12.1 Å². The van der Waals surface area contributed by atoms with E-state index in [1.807, 2.05) is 4.90 Å². The minimum absolute atomic E-state index is 0.0101. The van der Waals surface area contributed by atoms with Crippen molar-refractivity contribution in [2.45, 2.75) is 155 Å². The summed E-state index contributed by atoms with van der Waals surface area (Å²) in [4.78, 5) is 25.1. The number of morpholine rings is 1. The number of nitro groups is 1.